The molecule has 0 aromatic carbocycles. The molecule has 0 radical (unpaired) electrons. The maximum Gasteiger partial charge on any atom is 0.0886 e. The molecule has 0 aliphatic heterocycles. The van der Waals surface area contributed by atoms with E-state index in [1.807, 2.05) is 41.5 Å². The first-order valence-corrected chi connectivity index (χ1v) is 7.46. The Labute approximate surface area is 103 Å². The first-order valence-electron chi connectivity index (χ1n) is 4.84. The van der Waals surface area contributed by atoms with Crippen LogP contribution in [-0.2, 0) is 0 Å². The number of thiophene rings is 2. The molecule has 0 aliphatic rings. The predicted octanol–water partition coefficient (Wildman–Crippen LogP) is 4.63. The fourth-order valence-electron chi connectivity index (χ4n) is 1.28. The summed E-state index contributed by atoms with van der Waals surface area (Å²) in [6.07, 6.45) is 0. The molecule has 1 N–H and O–H groups in total. The van der Waals surface area contributed by atoms with Crippen LogP contribution in [0.3, 0.4) is 0 Å². The lowest BCUT2D eigenvalue weighted by Gasteiger charge is -1.91. The second-order valence-corrected chi connectivity index (χ2v) is 6.70. The highest BCUT2D eigenvalue weighted by molar-refractivity contribution is 8.01. The first kappa shape index (κ1) is 11.0. The van der Waals surface area contributed by atoms with Crippen molar-refractivity contribution in [3.63, 3.8) is 0 Å². The highest BCUT2D eigenvalue weighted by atomic mass is 32.2. The standard InChI is InChI=1S/C11H13NS3/c1-3-13-11-7-5-9(15-11)8-4-6-10(12-2)14-8/h4-7,12H,3H2,1-2H3. The molecule has 1 nitrogen and oxygen atoms in total. The Hall–Kier alpha value is -0.450. The Balaban J connectivity index is 2.21. The molecule has 0 aliphatic carbocycles. The number of hydrogen-bond donors (Lipinski definition) is 1. The lowest BCUT2D eigenvalue weighted by atomic mass is 10.4. The van der Waals surface area contributed by atoms with Crippen LogP contribution >= 0.6 is 34.4 Å². The Kier molecular flexibility index (Phi) is 3.72. The third-order valence-electron chi connectivity index (χ3n) is 1.96. The normalized spacial score (nSPS) is 10.5. The Morgan fingerprint density at radius 3 is 2.53 bits per heavy atom. The monoisotopic (exact) mass is 255 g/mol. The van der Waals surface area contributed by atoms with Crippen molar-refractivity contribution in [2.24, 2.45) is 0 Å². The summed E-state index contributed by atoms with van der Waals surface area (Å²) in [7, 11) is 1.96. The topological polar surface area (TPSA) is 12.0 Å². The van der Waals surface area contributed by atoms with Crippen LogP contribution in [0.1, 0.15) is 6.92 Å². The summed E-state index contributed by atoms with van der Waals surface area (Å²) in [5.74, 6) is 1.14. The van der Waals surface area contributed by atoms with Gasteiger partial charge in [0.1, 0.15) is 0 Å². The molecule has 0 atom stereocenters. The summed E-state index contributed by atoms with van der Waals surface area (Å²) in [4.78, 5) is 2.73. The van der Waals surface area contributed by atoms with Gasteiger partial charge in [0.2, 0.25) is 0 Å². The van der Waals surface area contributed by atoms with Crippen LogP contribution < -0.4 is 5.32 Å². The van der Waals surface area contributed by atoms with Crippen molar-refractivity contribution in [2.75, 3.05) is 18.1 Å². The number of rotatable bonds is 4. The fraction of sp³-hybridized carbons (Fsp3) is 0.273. The van der Waals surface area contributed by atoms with Crippen molar-refractivity contribution in [1.82, 2.24) is 0 Å². The third kappa shape index (κ3) is 2.56. The molecule has 2 rings (SSSR count). The molecular formula is C11H13NS3. The van der Waals surface area contributed by atoms with E-state index in [2.05, 4.69) is 36.5 Å². The van der Waals surface area contributed by atoms with Gasteiger partial charge in [-0.3, -0.25) is 0 Å². The molecular weight excluding hydrogens is 242 g/mol. The zero-order valence-electron chi connectivity index (χ0n) is 8.74. The lowest BCUT2D eigenvalue weighted by molar-refractivity contribution is 1.51. The number of anilines is 1. The van der Waals surface area contributed by atoms with E-state index in [0.717, 1.165) is 5.75 Å². The highest BCUT2D eigenvalue weighted by Crippen LogP contribution is 2.38. The Bertz CT molecular complexity index is 430. The van der Waals surface area contributed by atoms with Crippen molar-refractivity contribution in [2.45, 2.75) is 11.1 Å². The maximum atomic E-state index is 3.17. The molecule has 80 valence electrons. The molecule has 2 heterocycles. The second-order valence-electron chi connectivity index (χ2n) is 2.97. The Morgan fingerprint density at radius 2 is 1.87 bits per heavy atom. The summed E-state index contributed by atoms with van der Waals surface area (Å²) >= 11 is 5.60. The van der Waals surface area contributed by atoms with Gasteiger partial charge in [0.25, 0.3) is 0 Å². The van der Waals surface area contributed by atoms with Crippen molar-refractivity contribution < 1.29 is 0 Å². The molecule has 0 spiro atoms. The van der Waals surface area contributed by atoms with E-state index in [1.54, 1.807) is 0 Å². The SMILES string of the molecule is CCSc1ccc(-c2ccc(NC)s2)s1. The molecule has 2 aromatic heterocycles. The summed E-state index contributed by atoms with van der Waals surface area (Å²) in [6, 6.07) is 8.75. The summed E-state index contributed by atoms with van der Waals surface area (Å²) < 4.78 is 1.41. The van der Waals surface area contributed by atoms with Gasteiger partial charge in [0.05, 0.1) is 9.21 Å². The summed E-state index contributed by atoms with van der Waals surface area (Å²) in [5, 5.41) is 4.39. The third-order valence-corrected chi connectivity index (χ3v) is 5.45. The van der Waals surface area contributed by atoms with Gasteiger partial charge in [-0.25, -0.2) is 0 Å². The van der Waals surface area contributed by atoms with Crippen LogP contribution in [-0.4, -0.2) is 12.8 Å². The molecule has 0 unspecified atom stereocenters. The van der Waals surface area contributed by atoms with Crippen LogP contribution in [0.2, 0.25) is 0 Å². The molecule has 0 amide bonds. The molecule has 4 heteroatoms. The van der Waals surface area contributed by atoms with E-state index in [4.69, 9.17) is 0 Å². The fourth-order valence-corrected chi connectivity index (χ4v) is 4.27. The van der Waals surface area contributed by atoms with Gasteiger partial charge >= 0.3 is 0 Å². The minimum atomic E-state index is 1.14. The van der Waals surface area contributed by atoms with Crippen LogP contribution in [0, 0.1) is 0 Å². The number of nitrogens with one attached hydrogen (secondary N) is 1. The van der Waals surface area contributed by atoms with Gasteiger partial charge in [-0.05, 0) is 30.0 Å². The van der Waals surface area contributed by atoms with Crippen molar-refractivity contribution >= 4 is 39.4 Å². The zero-order valence-corrected chi connectivity index (χ0v) is 11.2. The van der Waals surface area contributed by atoms with E-state index < -0.39 is 0 Å². The lowest BCUT2D eigenvalue weighted by Crippen LogP contribution is -1.79. The minimum absolute atomic E-state index is 1.14. The largest absolute Gasteiger partial charge is 0.380 e. The van der Waals surface area contributed by atoms with E-state index in [9.17, 15) is 0 Å². The van der Waals surface area contributed by atoms with Crippen LogP contribution in [0.25, 0.3) is 9.75 Å². The van der Waals surface area contributed by atoms with Gasteiger partial charge in [-0.1, -0.05) is 6.92 Å². The van der Waals surface area contributed by atoms with Crippen molar-refractivity contribution in [3.05, 3.63) is 24.3 Å². The average molecular weight is 255 g/mol. The average Bonchev–Trinajstić information content (AvgIpc) is 2.85. The second kappa shape index (κ2) is 5.05. The Morgan fingerprint density at radius 1 is 1.13 bits per heavy atom. The van der Waals surface area contributed by atoms with Crippen molar-refractivity contribution in [3.8, 4) is 9.75 Å². The number of thioether (sulfide) groups is 1. The molecule has 0 saturated heterocycles. The molecule has 0 fully saturated rings. The zero-order chi connectivity index (χ0) is 10.7. The molecule has 15 heavy (non-hydrogen) atoms. The highest BCUT2D eigenvalue weighted by Gasteiger charge is 2.05. The van der Waals surface area contributed by atoms with Gasteiger partial charge in [-0.2, -0.15) is 0 Å². The van der Waals surface area contributed by atoms with Gasteiger partial charge in [0.15, 0.2) is 0 Å². The van der Waals surface area contributed by atoms with E-state index >= 15 is 0 Å². The smallest absolute Gasteiger partial charge is 0.0886 e. The quantitative estimate of drug-likeness (QED) is 0.799. The van der Waals surface area contributed by atoms with Gasteiger partial charge in [0, 0.05) is 16.8 Å². The van der Waals surface area contributed by atoms with Crippen molar-refractivity contribution in [1.29, 1.82) is 0 Å². The molecule has 0 saturated carbocycles. The van der Waals surface area contributed by atoms with E-state index in [0.29, 0.717) is 0 Å². The minimum Gasteiger partial charge on any atom is -0.380 e. The van der Waals surface area contributed by atoms with Crippen LogP contribution in [0.4, 0.5) is 5.00 Å². The first-order chi connectivity index (χ1) is 7.33. The van der Waals surface area contributed by atoms with Crippen LogP contribution in [0.15, 0.2) is 28.5 Å². The van der Waals surface area contributed by atoms with Gasteiger partial charge < -0.3 is 5.32 Å². The summed E-state index contributed by atoms with van der Waals surface area (Å²) in [5.41, 5.74) is 0. The van der Waals surface area contributed by atoms with E-state index in [-0.39, 0.29) is 0 Å². The van der Waals surface area contributed by atoms with Gasteiger partial charge in [-0.15, -0.1) is 34.4 Å². The number of hydrogen-bond acceptors (Lipinski definition) is 4. The molecule has 2 aromatic rings. The van der Waals surface area contributed by atoms with E-state index in [1.165, 1.54) is 19.0 Å². The van der Waals surface area contributed by atoms with Crippen LogP contribution in [0.5, 0.6) is 0 Å². The maximum absolute atomic E-state index is 3.17. The summed E-state index contributed by atoms with van der Waals surface area (Å²) in [6.45, 7) is 2.19. The predicted molar refractivity (Wildman–Crippen MR) is 73.6 cm³/mol. The molecule has 0 bridgehead atoms.